The molecule has 1 rings (SSSR count). The highest BCUT2D eigenvalue weighted by Gasteiger charge is 2.28. The summed E-state index contributed by atoms with van der Waals surface area (Å²) in [5.41, 5.74) is 3.93. The van der Waals surface area contributed by atoms with E-state index in [1.54, 1.807) is 6.07 Å². The predicted octanol–water partition coefficient (Wildman–Crippen LogP) is -0.257. The number of nitrogens with zero attached hydrogens (tertiary/aromatic N) is 2. The van der Waals surface area contributed by atoms with E-state index in [4.69, 9.17) is 11.0 Å². The minimum atomic E-state index is -3.91. The molecule has 102 valence electrons. The van der Waals surface area contributed by atoms with Gasteiger partial charge in [0.15, 0.2) is 5.69 Å². The molecule has 19 heavy (non-hydrogen) atoms. The quantitative estimate of drug-likeness (QED) is 0.769. The highest BCUT2D eigenvalue weighted by Crippen LogP contribution is 2.16. The van der Waals surface area contributed by atoms with Crippen molar-refractivity contribution in [3.8, 4) is 6.07 Å². The number of nitrogens with one attached hydrogen (secondary N) is 1. The van der Waals surface area contributed by atoms with E-state index in [9.17, 15) is 13.2 Å². The number of rotatable bonds is 5. The first-order chi connectivity index (χ1) is 8.70. The van der Waals surface area contributed by atoms with Crippen molar-refractivity contribution < 1.29 is 13.2 Å². The van der Waals surface area contributed by atoms with Gasteiger partial charge in [-0.2, -0.15) is 5.26 Å². The Balaban J connectivity index is 3.01. The summed E-state index contributed by atoms with van der Waals surface area (Å²) in [5, 5.41) is 8.82. The molecule has 0 saturated carbocycles. The molecule has 0 radical (unpaired) electrons. The SMILES string of the molecule is CC(C)(CNS(=O)(=O)c1cccnc1C#N)C(N)=O. The van der Waals surface area contributed by atoms with Crippen molar-refractivity contribution in [3.05, 3.63) is 24.0 Å². The van der Waals surface area contributed by atoms with Gasteiger partial charge in [0, 0.05) is 12.7 Å². The van der Waals surface area contributed by atoms with Crippen molar-refractivity contribution in [1.29, 1.82) is 5.26 Å². The lowest BCUT2D eigenvalue weighted by atomic mass is 9.93. The van der Waals surface area contributed by atoms with E-state index in [-0.39, 0.29) is 17.1 Å². The summed E-state index contributed by atoms with van der Waals surface area (Å²) in [7, 11) is -3.91. The molecule has 0 atom stereocenters. The normalized spacial score (nSPS) is 11.8. The fourth-order valence-corrected chi connectivity index (χ4v) is 2.45. The lowest BCUT2D eigenvalue weighted by molar-refractivity contribution is -0.125. The van der Waals surface area contributed by atoms with Gasteiger partial charge in [-0.05, 0) is 26.0 Å². The van der Waals surface area contributed by atoms with Gasteiger partial charge in [-0.3, -0.25) is 4.79 Å². The standard InChI is InChI=1S/C11H14N4O3S/c1-11(2,10(13)16)7-15-19(17,18)9-4-3-5-14-8(9)6-12/h3-5,15H,7H2,1-2H3,(H2,13,16). The largest absolute Gasteiger partial charge is 0.369 e. The summed E-state index contributed by atoms with van der Waals surface area (Å²) in [5.74, 6) is -0.623. The fourth-order valence-electron chi connectivity index (χ4n) is 1.13. The fraction of sp³-hybridized carbons (Fsp3) is 0.364. The van der Waals surface area contributed by atoms with Crippen LogP contribution >= 0.6 is 0 Å². The van der Waals surface area contributed by atoms with Crippen LogP contribution < -0.4 is 10.5 Å². The zero-order chi connectivity index (χ0) is 14.7. The molecular weight excluding hydrogens is 268 g/mol. The Hall–Kier alpha value is -1.98. The van der Waals surface area contributed by atoms with E-state index in [2.05, 4.69) is 9.71 Å². The smallest absolute Gasteiger partial charge is 0.243 e. The van der Waals surface area contributed by atoms with E-state index in [1.165, 1.54) is 32.2 Å². The van der Waals surface area contributed by atoms with Crippen molar-refractivity contribution in [3.63, 3.8) is 0 Å². The minimum absolute atomic E-state index is 0.162. The lowest BCUT2D eigenvalue weighted by Crippen LogP contribution is -2.42. The molecule has 1 amide bonds. The average molecular weight is 282 g/mol. The maximum Gasteiger partial charge on any atom is 0.243 e. The molecule has 1 aromatic heterocycles. The molecule has 0 aliphatic heterocycles. The van der Waals surface area contributed by atoms with Crippen molar-refractivity contribution in [2.75, 3.05) is 6.54 Å². The third-order valence-electron chi connectivity index (χ3n) is 2.54. The van der Waals surface area contributed by atoms with Gasteiger partial charge < -0.3 is 5.73 Å². The van der Waals surface area contributed by atoms with Crippen LogP contribution in [0.25, 0.3) is 0 Å². The Kier molecular flexibility index (Phi) is 4.24. The van der Waals surface area contributed by atoms with E-state index in [0.29, 0.717) is 0 Å². The molecule has 1 aromatic rings. The third-order valence-corrected chi connectivity index (χ3v) is 3.97. The number of aromatic nitrogens is 1. The monoisotopic (exact) mass is 282 g/mol. The van der Waals surface area contributed by atoms with Crippen LogP contribution in [0, 0.1) is 16.7 Å². The summed E-state index contributed by atoms with van der Waals surface area (Å²) in [4.78, 5) is 14.6. The molecule has 0 aromatic carbocycles. The average Bonchev–Trinajstić information content (AvgIpc) is 2.36. The Morgan fingerprint density at radius 3 is 2.74 bits per heavy atom. The van der Waals surface area contributed by atoms with Gasteiger partial charge in [-0.1, -0.05) is 0 Å². The van der Waals surface area contributed by atoms with Crippen molar-refractivity contribution in [1.82, 2.24) is 9.71 Å². The van der Waals surface area contributed by atoms with E-state index >= 15 is 0 Å². The number of carbonyl (C=O) groups is 1. The lowest BCUT2D eigenvalue weighted by Gasteiger charge is -2.20. The van der Waals surface area contributed by atoms with E-state index in [1.807, 2.05) is 0 Å². The number of nitrogens with two attached hydrogens (primary N) is 1. The van der Waals surface area contributed by atoms with Gasteiger partial charge in [0.05, 0.1) is 5.41 Å². The Labute approximate surface area is 111 Å². The molecule has 3 N–H and O–H groups in total. The van der Waals surface area contributed by atoms with Gasteiger partial charge in [-0.25, -0.2) is 18.1 Å². The zero-order valence-corrected chi connectivity index (χ0v) is 11.4. The first-order valence-electron chi connectivity index (χ1n) is 5.35. The van der Waals surface area contributed by atoms with Crippen molar-refractivity contribution in [2.45, 2.75) is 18.7 Å². The predicted molar refractivity (Wildman–Crippen MR) is 67.1 cm³/mol. The van der Waals surface area contributed by atoms with Crippen molar-refractivity contribution >= 4 is 15.9 Å². The summed E-state index contributed by atoms with van der Waals surface area (Å²) in [6.45, 7) is 2.88. The van der Waals surface area contributed by atoms with Crippen LogP contribution in [0.1, 0.15) is 19.5 Å². The number of nitriles is 1. The number of carbonyl (C=O) groups excluding carboxylic acids is 1. The second-order valence-corrected chi connectivity index (χ2v) is 6.27. The molecule has 0 unspecified atom stereocenters. The molecule has 0 aliphatic carbocycles. The number of hydrogen-bond donors (Lipinski definition) is 2. The summed E-state index contributed by atoms with van der Waals surface area (Å²) >= 11 is 0. The van der Waals surface area contributed by atoms with Crippen LogP contribution in [0.4, 0.5) is 0 Å². The van der Waals surface area contributed by atoms with Crippen LogP contribution in [0.5, 0.6) is 0 Å². The van der Waals surface area contributed by atoms with Gasteiger partial charge in [0.1, 0.15) is 11.0 Å². The number of amides is 1. The molecule has 0 fully saturated rings. The Morgan fingerprint density at radius 1 is 1.58 bits per heavy atom. The minimum Gasteiger partial charge on any atom is -0.369 e. The van der Waals surface area contributed by atoms with Crippen LogP contribution in [0.3, 0.4) is 0 Å². The highest BCUT2D eigenvalue weighted by atomic mass is 32.2. The first-order valence-corrected chi connectivity index (χ1v) is 6.84. The zero-order valence-electron chi connectivity index (χ0n) is 10.5. The van der Waals surface area contributed by atoms with Crippen molar-refractivity contribution in [2.24, 2.45) is 11.1 Å². The molecule has 0 aliphatic rings. The van der Waals surface area contributed by atoms with Gasteiger partial charge in [-0.15, -0.1) is 0 Å². The van der Waals surface area contributed by atoms with E-state index < -0.39 is 21.3 Å². The van der Waals surface area contributed by atoms with Gasteiger partial charge >= 0.3 is 0 Å². The molecule has 0 spiro atoms. The Bertz CT molecular complexity index is 632. The summed E-state index contributed by atoms with van der Waals surface area (Å²) in [6.07, 6.45) is 1.32. The topological polar surface area (TPSA) is 126 Å². The first kappa shape index (κ1) is 15.1. The Morgan fingerprint density at radius 2 is 2.21 bits per heavy atom. The number of pyridine rings is 1. The highest BCUT2D eigenvalue weighted by molar-refractivity contribution is 7.89. The van der Waals surface area contributed by atoms with Crippen LogP contribution in [-0.2, 0) is 14.8 Å². The molecule has 0 saturated heterocycles. The summed E-state index contributed by atoms with van der Waals surface area (Å²) in [6, 6.07) is 4.38. The molecule has 1 heterocycles. The number of sulfonamides is 1. The molecule has 7 nitrogen and oxygen atoms in total. The number of primary amides is 1. The second kappa shape index (κ2) is 5.34. The molecule has 0 bridgehead atoms. The van der Waals surface area contributed by atoms with Gasteiger partial charge in [0.2, 0.25) is 15.9 Å². The van der Waals surface area contributed by atoms with Crippen LogP contribution in [0.2, 0.25) is 0 Å². The van der Waals surface area contributed by atoms with Gasteiger partial charge in [0.25, 0.3) is 0 Å². The maximum absolute atomic E-state index is 12.0. The summed E-state index contributed by atoms with van der Waals surface area (Å²) < 4.78 is 26.3. The van der Waals surface area contributed by atoms with E-state index in [0.717, 1.165) is 0 Å². The molecule has 8 heteroatoms. The third kappa shape index (κ3) is 3.49. The van der Waals surface area contributed by atoms with Crippen LogP contribution in [0.15, 0.2) is 23.2 Å². The number of hydrogen-bond acceptors (Lipinski definition) is 5. The second-order valence-electron chi connectivity index (χ2n) is 4.53. The van der Waals surface area contributed by atoms with Crippen LogP contribution in [-0.4, -0.2) is 25.9 Å². The maximum atomic E-state index is 12.0. The molecular formula is C11H14N4O3S.